The Morgan fingerprint density at radius 1 is 1.11 bits per heavy atom. The molecule has 110 valence electrons. The highest BCUT2D eigenvalue weighted by molar-refractivity contribution is 5.88. The number of rotatable bonds is 7. The minimum atomic E-state index is -1.10. The predicted octanol–water partition coefficient (Wildman–Crippen LogP) is 0.406. The largest absolute Gasteiger partial charge is 0.480 e. The van der Waals surface area contributed by atoms with Crippen LogP contribution in [0.25, 0.3) is 0 Å². The first-order chi connectivity index (χ1) is 8.87. The molecule has 0 heterocycles. The van der Waals surface area contributed by atoms with Gasteiger partial charge in [0.15, 0.2) is 0 Å². The molecule has 0 aliphatic heterocycles. The van der Waals surface area contributed by atoms with Crippen LogP contribution in [0.5, 0.6) is 0 Å². The number of carboxylic acid groups (broad SMARTS) is 1. The van der Waals surface area contributed by atoms with Crippen molar-refractivity contribution in [2.24, 2.45) is 0 Å². The number of likely N-dealkylation sites (N-methyl/N-ethyl adjacent to an activating group) is 1. The van der Waals surface area contributed by atoms with Crippen molar-refractivity contribution in [3.63, 3.8) is 0 Å². The zero-order chi connectivity index (χ0) is 15.0. The summed E-state index contributed by atoms with van der Waals surface area (Å²) in [6, 6.07) is -2.29. The Kier molecular flexibility index (Phi) is 7.55. The summed E-state index contributed by atoms with van der Waals surface area (Å²) < 4.78 is 0. The first-order valence-electron chi connectivity index (χ1n) is 6.45. The van der Waals surface area contributed by atoms with Gasteiger partial charge in [0.05, 0.1) is 0 Å². The molecule has 0 aliphatic carbocycles. The van der Waals surface area contributed by atoms with Gasteiger partial charge < -0.3 is 20.6 Å². The summed E-state index contributed by atoms with van der Waals surface area (Å²) in [5.41, 5.74) is 0. The molecular formula is C12H23N3O4. The van der Waals surface area contributed by atoms with E-state index in [4.69, 9.17) is 5.11 Å². The number of amides is 3. The van der Waals surface area contributed by atoms with Crippen molar-refractivity contribution in [2.45, 2.75) is 46.2 Å². The van der Waals surface area contributed by atoms with Crippen molar-refractivity contribution >= 4 is 17.9 Å². The van der Waals surface area contributed by atoms with Crippen LogP contribution in [0.4, 0.5) is 4.79 Å². The molecule has 0 radical (unpaired) electrons. The fraction of sp³-hybridized carbons (Fsp3) is 0.750. The Labute approximate surface area is 113 Å². The van der Waals surface area contributed by atoms with Crippen LogP contribution < -0.4 is 10.6 Å². The summed E-state index contributed by atoms with van der Waals surface area (Å²) in [7, 11) is 0. The number of carbonyl (C=O) groups excluding carboxylic acids is 2. The summed E-state index contributed by atoms with van der Waals surface area (Å²) in [5, 5.41) is 13.6. The van der Waals surface area contributed by atoms with Gasteiger partial charge in [0, 0.05) is 13.1 Å². The van der Waals surface area contributed by atoms with E-state index in [1.54, 1.807) is 18.7 Å². The first-order valence-corrected chi connectivity index (χ1v) is 6.45. The average molecular weight is 273 g/mol. The van der Waals surface area contributed by atoms with Crippen LogP contribution in [-0.2, 0) is 9.59 Å². The molecule has 3 N–H and O–H groups in total. The summed E-state index contributed by atoms with van der Waals surface area (Å²) in [5.74, 6) is -1.29. The lowest BCUT2D eigenvalue weighted by Gasteiger charge is -2.24. The molecule has 0 saturated carbocycles. The number of urea groups is 1. The molecule has 0 aliphatic rings. The molecule has 0 aromatic rings. The van der Waals surface area contributed by atoms with Crippen LogP contribution in [0.3, 0.4) is 0 Å². The van der Waals surface area contributed by atoms with E-state index >= 15 is 0 Å². The van der Waals surface area contributed by atoms with Crippen LogP contribution >= 0.6 is 0 Å². The molecule has 2 atom stereocenters. The lowest BCUT2D eigenvalue weighted by atomic mass is 10.2. The second-order valence-electron chi connectivity index (χ2n) is 4.15. The van der Waals surface area contributed by atoms with Gasteiger partial charge in [-0.1, -0.05) is 6.92 Å². The van der Waals surface area contributed by atoms with Crippen molar-refractivity contribution in [1.82, 2.24) is 15.5 Å². The Balaban J connectivity index is 4.40. The van der Waals surface area contributed by atoms with Crippen molar-refractivity contribution in [3.8, 4) is 0 Å². The lowest BCUT2D eigenvalue weighted by Crippen LogP contribution is -2.52. The quantitative estimate of drug-likeness (QED) is 0.625. The number of carbonyl (C=O) groups is 3. The molecule has 0 aromatic carbocycles. The number of nitrogens with zero attached hydrogens (tertiary/aromatic N) is 1. The Hall–Kier alpha value is -1.79. The van der Waals surface area contributed by atoms with E-state index in [-0.39, 0.29) is 12.3 Å². The topological polar surface area (TPSA) is 98.7 Å². The van der Waals surface area contributed by atoms with E-state index in [1.165, 1.54) is 0 Å². The molecular weight excluding hydrogens is 250 g/mol. The van der Waals surface area contributed by atoms with Gasteiger partial charge in [0.2, 0.25) is 5.91 Å². The molecule has 0 bridgehead atoms. The third kappa shape index (κ3) is 5.58. The number of nitrogens with one attached hydrogen (secondary N) is 2. The molecule has 0 fully saturated rings. The maximum atomic E-state index is 11.9. The zero-order valence-corrected chi connectivity index (χ0v) is 11.9. The maximum absolute atomic E-state index is 11.9. The third-order valence-electron chi connectivity index (χ3n) is 2.80. The van der Waals surface area contributed by atoms with Gasteiger partial charge in [0.25, 0.3) is 0 Å². The molecule has 19 heavy (non-hydrogen) atoms. The lowest BCUT2D eigenvalue weighted by molar-refractivity contribution is -0.139. The van der Waals surface area contributed by atoms with Crippen molar-refractivity contribution in [2.75, 3.05) is 13.1 Å². The molecule has 0 spiro atoms. The smallest absolute Gasteiger partial charge is 0.326 e. The standard InChI is InChI=1S/C12H23N3O4/c1-5-9(11(17)18)14-12(19)13-8(4)10(16)15(6-2)7-3/h8-9H,5-7H2,1-4H3,(H,17,18)(H2,13,14,19). The minimum Gasteiger partial charge on any atom is -0.480 e. The number of aliphatic carboxylic acids is 1. The molecule has 0 saturated heterocycles. The molecule has 0 rings (SSSR count). The Bertz CT molecular complexity index is 329. The van der Waals surface area contributed by atoms with Crippen LogP contribution in [0.15, 0.2) is 0 Å². The van der Waals surface area contributed by atoms with E-state index in [0.29, 0.717) is 13.1 Å². The maximum Gasteiger partial charge on any atom is 0.326 e. The average Bonchev–Trinajstić information content (AvgIpc) is 2.36. The van der Waals surface area contributed by atoms with E-state index in [0.717, 1.165) is 0 Å². The summed E-state index contributed by atoms with van der Waals surface area (Å²) in [6.45, 7) is 8.06. The molecule has 2 unspecified atom stereocenters. The summed E-state index contributed by atoms with van der Waals surface area (Å²) >= 11 is 0. The monoisotopic (exact) mass is 273 g/mol. The van der Waals surface area contributed by atoms with Crippen molar-refractivity contribution in [1.29, 1.82) is 0 Å². The fourth-order valence-corrected chi connectivity index (χ4v) is 1.61. The fourth-order valence-electron chi connectivity index (χ4n) is 1.61. The van der Waals surface area contributed by atoms with Gasteiger partial charge in [-0.05, 0) is 27.2 Å². The third-order valence-corrected chi connectivity index (χ3v) is 2.80. The Morgan fingerprint density at radius 2 is 1.63 bits per heavy atom. The highest BCUT2D eigenvalue weighted by atomic mass is 16.4. The van der Waals surface area contributed by atoms with Crippen LogP contribution in [-0.4, -0.2) is 53.1 Å². The van der Waals surface area contributed by atoms with Gasteiger partial charge >= 0.3 is 12.0 Å². The summed E-state index contributed by atoms with van der Waals surface area (Å²) in [4.78, 5) is 35.8. The zero-order valence-electron chi connectivity index (χ0n) is 11.9. The van der Waals surface area contributed by atoms with E-state index in [1.807, 2.05) is 13.8 Å². The van der Waals surface area contributed by atoms with Gasteiger partial charge in [-0.25, -0.2) is 9.59 Å². The second-order valence-corrected chi connectivity index (χ2v) is 4.15. The first kappa shape index (κ1) is 17.2. The van der Waals surface area contributed by atoms with Crippen molar-refractivity contribution in [3.05, 3.63) is 0 Å². The minimum absolute atomic E-state index is 0.191. The van der Waals surface area contributed by atoms with Crippen LogP contribution in [0.1, 0.15) is 34.1 Å². The van der Waals surface area contributed by atoms with Gasteiger partial charge in [-0.2, -0.15) is 0 Å². The Morgan fingerprint density at radius 3 is 2.00 bits per heavy atom. The SMILES string of the molecule is CCC(NC(=O)NC(C)C(=O)N(CC)CC)C(=O)O. The number of carboxylic acids is 1. The number of hydrogen-bond acceptors (Lipinski definition) is 3. The normalized spacial score (nSPS) is 13.3. The van der Waals surface area contributed by atoms with Crippen LogP contribution in [0.2, 0.25) is 0 Å². The van der Waals surface area contributed by atoms with Crippen molar-refractivity contribution < 1.29 is 19.5 Å². The van der Waals surface area contributed by atoms with Gasteiger partial charge in [0.1, 0.15) is 12.1 Å². The molecule has 7 heteroatoms. The summed E-state index contributed by atoms with van der Waals surface area (Å²) in [6.07, 6.45) is 0.279. The van der Waals surface area contributed by atoms with E-state index in [2.05, 4.69) is 10.6 Å². The highest BCUT2D eigenvalue weighted by Crippen LogP contribution is 1.96. The molecule has 0 aromatic heterocycles. The molecule has 3 amide bonds. The van der Waals surface area contributed by atoms with Crippen LogP contribution in [0, 0.1) is 0 Å². The molecule has 7 nitrogen and oxygen atoms in total. The predicted molar refractivity (Wildman–Crippen MR) is 70.8 cm³/mol. The van der Waals surface area contributed by atoms with E-state index < -0.39 is 24.1 Å². The van der Waals surface area contributed by atoms with Gasteiger partial charge in [-0.3, -0.25) is 4.79 Å². The number of hydrogen-bond donors (Lipinski definition) is 3. The van der Waals surface area contributed by atoms with E-state index in [9.17, 15) is 14.4 Å². The highest BCUT2D eigenvalue weighted by Gasteiger charge is 2.22. The van der Waals surface area contributed by atoms with Gasteiger partial charge in [-0.15, -0.1) is 0 Å². The second kappa shape index (κ2) is 8.34.